The van der Waals surface area contributed by atoms with Crippen LogP contribution in [0.25, 0.3) is 11.4 Å². The van der Waals surface area contributed by atoms with Crippen LogP contribution in [0.15, 0.2) is 60.7 Å². The van der Waals surface area contributed by atoms with Crippen LogP contribution in [0.2, 0.25) is 0 Å². The summed E-state index contributed by atoms with van der Waals surface area (Å²) in [5, 5.41) is 4.31. The first-order valence-electron chi connectivity index (χ1n) is 7.57. The second kappa shape index (κ2) is 6.44. The van der Waals surface area contributed by atoms with Gasteiger partial charge < -0.3 is 5.73 Å². The molecule has 116 valence electrons. The highest BCUT2D eigenvalue weighted by Gasteiger charge is 2.24. The summed E-state index contributed by atoms with van der Waals surface area (Å²) in [4.78, 5) is 17.0. The fourth-order valence-electron chi connectivity index (χ4n) is 2.58. The van der Waals surface area contributed by atoms with E-state index in [1.807, 2.05) is 67.6 Å². The van der Waals surface area contributed by atoms with Crippen LogP contribution in [0.5, 0.6) is 0 Å². The van der Waals surface area contributed by atoms with Crippen LogP contribution in [0, 0.1) is 0 Å². The summed E-state index contributed by atoms with van der Waals surface area (Å²) in [6, 6.07) is 19.1. The predicted molar refractivity (Wildman–Crippen MR) is 90.0 cm³/mol. The number of hydrogen-bond acceptors (Lipinski definition) is 4. The lowest BCUT2D eigenvalue weighted by atomic mass is 9.96. The molecule has 0 bridgehead atoms. The number of nitrogens with zero attached hydrogens (tertiary/aromatic N) is 3. The molecule has 0 aliphatic carbocycles. The van der Waals surface area contributed by atoms with Crippen molar-refractivity contribution in [1.82, 2.24) is 14.8 Å². The monoisotopic (exact) mass is 306 g/mol. The molecule has 0 unspecified atom stereocenters. The zero-order chi connectivity index (χ0) is 16.2. The number of rotatable bonds is 4. The Hall–Kier alpha value is -2.95. The summed E-state index contributed by atoms with van der Waals surface area (Å²) in [6.45, 7) is 1.97. The van der Waals surface area contributed by atoms with Gasteiger partial charge in [-0.15, -0.1) is 5.10 Å². The minimum Gasteiger partial charge on any atom is -0.368 e. The largest absolute Gasteiger partial charge is 0.368 e. The molecule has 1 aromatic heterocycles. The molecule has 3 rings (SSSR count). The van der Waals surface area contributed by atoms with Crippen LogP contribution in [-0.4, -0.2) is 20.7 Å². The summed E-state index contributed by atoms with van der Waals surface area (Å²) in [5.41, 5.74) is 7.71. The Kier molecular flexibility index (Phi) is 4.19. The lowest BCUT2D eigenvalue weighted by molar-refractivity contribution is 0.0862. The highest BCUT2D eigenvalue weighted by atomic mass is 16.2. The van der Waals surface area contributed by atoms with Gasteiger partial charge in [-0.2, -0.15) is 9.67 Å². The average molecular weight is 306 g/mol. The predicted octanol–water partition coefficient (Wildman–Crippen LogP) is 3.36. The molecule has 0 aliphatic heterocycles. The Morgan fingerprint density at radius 2 is 1.70 bits per heavy atom. The van der Waals surface area contributed by atoms with Gasteiger partial charge in [0.25, 0.3) is 5.91 Å². The van der Waals surface area contributed by atoms with E-state index < -0.39 is 0 Å². The molecule has 0 saturated carbocycles. The first-order valence-corrected chi connectivity index (χ1v) is 7.57. The number of benzene rings is 2. The van der Waals surface area contributed by atoms with Crippen LogP contribution in [0.3, 0.4) is 0 Å². The van der Waals surface area contributed by atoms with Gasteiger partial charge in [0.05, 0.1) is 5.92 Å². The zero-order valence-electron chi connectivity index (χ0n) is 12.9. The molecule has 0 saturated heterocycles. The Labute approximate surface area is 134 Å². The van der Waals surface area contributed by atoms with Crippen molar-refractivity contribution >= 4 is 11.9 Å². The molecule has 23 heavy (non-hydrogen) atoms. The maximum absolute atomic E-state index is 12.8. The molecule has 5 nitrogen and oxygen atoms in total. The van der Waals surface area contributed by atoms with Gasteiger partial charge in [0.2, 0.25) is 5.95 Å². The lowest BCUT2D eigenvalue weighted by Gasteiger charge is -2.13. The maximum atomic E-state index is 12.8. The van der Waals surface area contributed by atoms with Crippen LogP contribution < -0.4 is 5.73 Å². The molecule has 1 heterocycles. The fraction of sp³-hybridized carbons (Fsp3) is 0.167. The molecule has 2 N–H and O–H groups in total. The Morgan fingerprint density at radius 3 is 2.30 bits per heavy atom. The van der Waals surface area contributed by atoms with Crippen LogP contribution in [0.4, 0.5) is 5.95 Å². The first kappa shape index (κ1) is 15.0. The second-order valence-electron chi connectivity index (χ2n) is 5.28. The topological polar surface area (TPSA) is 73.8 Å². The number of nitrogen functional groups attached to an aromatic ring is 1. The van der Waals surface area contributed by atoms with Crippen molar-refractivity contribution in [2.75, 3.05) is 5.73 Å². The Bertz CT molecular complexity index is 796. The Balaban J connectivity index is 1.95. The molecule has 0 radical (unpaired) electrons. The molecule has 0 amide bonds. The van der Waals surface area contributed by atoms with E-state index in [0.29, 0.717) is 12.2 Å². The number of carbonyl (C=O) groups excluding carboxylic acids is 1. The first-order chi connectivity index (χ1) is 11.2. The number of carbonyl (C=O) groups is 1. The van der Waals surface area contributed by atoms with E-state index >= 15 is 0 Å². The molecule has 0 aliphatic rings. The smallest absolute Gasteiger partial charge is 0.257 e. The van der Waals surface area contributed by atoms with E-state index in [1.54, 1.807) is 0 Å². The molecule has 0 spiro atoms. The van der Waals surface area contributed by atoms with Crippen molar-refractivity contribution in [3.8, 4) is 11.4 Å². The number of hydrogen-bond donors (Lipinski definition) is 1. The fourth-order valence-corrected chi connectivity index (χ4v) is 2.58. The average Bonchev–Trinajstić information content (AvgIpc) is 2.99. The zero-order valence-corrected chi connectivity index (χ0v) is 12.9. The van der Waals surface area contributed by atoms with E-state index in [2.05, 4.69) is 10.1 Å². The van der Waals surface area contributed by atoms with Crippen molar-refractivity contribution in [2.45, 2.75) is 19.3 Å². The van der Waals surface area contributed by atoms with E-state index in [4.69, 9.17) is 5.73 Å². The van der Waals surface area contributed by atoms with Crippen LogP contribution >= 0.6 is 0 Å². The normalized spacial score (nSPS) is 12.0. The molecule has 3 aromatic rings. The summed E-state index contributed by atoms with van der Waals surface area (Å²) in [5.74, 6) is 0.123. The van der Waals surface area contributed by atoms with E-state index in [-0.39, 0.29) is 17.8 Å². The third kappa shape index (κ3) is 2.99. The van der Waals surface area contributed by atoms with Gasteiger partial charge in [0, 0.05) is 5.56 Å². The molecule has 1 atom stereocenters. The minimum atomic E-state index is -0.288. The molecule has 2 aromatic carbocycles. The highest BCUT2D eigenvalue weighted by molar-refractivity contribution is 5.87. The van der Waals surface area contributed by atoms with Gasteiger partial charge in [-0.25, -0.2) is 0 Å². The lowest BCUT2D eigenvalue weighted by Crippen LogP contribution is -2.22. The number of aromatic nitrogens is 3. The van der Waals surface area contributed by atoms with Gasteiger partial charge >= 0.3 is 0 Å². The van der Waals surface area contributed by atoms with Crippen molar-refractivity contribution in [1.29, 1.82) is 0 Å². The SMILES string of the molecule is CC[C@@H](C(=O)n1nc(-c2ccccc2)nc1N)c1ccccc1. The van der Waals surface area contributed by atoms with E-state index in [9.17, 15) is 4.79 Å². The van der Waals surface area contributed by atoms with Gasteiger partial charge in [0.15, 0.2) is 5.82 Å². The van der Waals surface area contributed by atoms with Crippen LogP contribution in [0.1, 0.15) is 29.6 Å². The summed E-state index contributed by atoms with van der Waals surface area (Å²) in [6.07, 6.45) is 0.669. The van der Waals surface area contributed by atoms with Gasteiger partial charge in [0.1, 0.15) is 0 Å². The van der Waals surface area contributed by atoms with Crippen molar-refractivity contribution < 1.29 is 4.79 Å². The number of anilines is 1. The third-order valence-corrected chi connectivity index (χ3v) is 3.78. The van der Waals surface area contributed by atoms with Crippen molar-refractivity contribution in [3.63, 3.8) is 0 Å². The highest BCUT2D eigenvalue weighted by Crippen LogP contribution is 2.23. The quantitative estimate of drug-likeness (QED) is 0.802. The molecular weight excluding hydrogens is 288 g/mol. The van der Waals surface area contributed by atoms with Gasteiger partial charge in [-0.1, -0.05) is 67.6 Å². The summed E-state index contributed by atoms with van der Waals surface area (Å²) in [7, 11) is 0. The van der Waals surface area contributed by atoms with Crippen LogP contribution in [-0.2, 0) is 0 Å². The van der Waals surface area contributed by atoms with Gasteiger partial charge in [-0.05, 0) is 12.0 Å². The Morgan fingerprint density at radius 1 is 1.09 bits per heavy atom. The molecule has 5 heteroatoms. The van der Waals surface area contributed by atoms with Crippen molar-refractivity contribution in [3.05, 3.63) is 66.2 Å². The molecule has 0 fully saturated rings. The minimum absolute atomic E-state index is 0.114. The third-order valence-electron chi connectivity index (χ3n) is 3.78. The maximum Gasteiger partial charge on any atom is 0.257 e. The van der Waals surface area contributed by atoms with Crippen molar-refractivity contribution in [2.24, 2.45) is 0 Å². The van der Waals surface area contributed by atoms with E-state index in [0.717, 1.165) is 11.1 Å². The number of nitrogens with two attached hydrogens (primary N) is 1. The second-order valence-corrected chi connectivity index (χ2v) is 5.28. The van der Waals surface area contributed by atoms with E-state index in [1.165, 1.54) is 4.68 Å². The summed E-state index contributed by atoms with van der Waals surface area (Å²) >= 11 is 0. The standard InChI is InChI=1S/C18H18N4O/c1-2-15(13-9-5-3-6-10-13)17(23)22-18(19)20-16(21-22)14-11-7-4-8-12-14/h3-12,15H,2H2,1H3,(H2,19,20,21)/t15-/m1/s1. The molecular formula is C18H18N4O. The summed E-state index contributed by atoms with van der Waals surface area (Å²) < 4.78 is 1.21. The van der Waals surface area contributed by atoms with Gasteiger partial charge in [-0.3, -0.25) is 4.79 Å².